The van der Waals surface area contributed by atoms with Gasteiger partial charge in [0.2, 0.25) is 0 Å². The number of ether oxygens (including phenoxy) is 2. The van der Waals surface area contributed by atoms with Crippen molar-refractivity contribution in [2.75, 3.05) is 31.2 Å². The molecule has 2 aromatic rings. The molecule has 2 aliphatic carbocycles. The number of esters is 1. The number of halogens is 1. The molecule has 1 fully saturated rings. The molecule has 2 aromatic carbocycles. The monoisotopic (exact) mass is 527 g/mol. The van der Waals surface area contributed by atoms with Crippen LogP contribution < -0.4 is 9.64 Å². The SMILES string of the molecule is CC(C)(C)OC(=O)c1ccc2c(c1)N(C[C@@H]1CC[C@H]1[C@H](O)CO)CC1(CCCc3cc(Cl)ccc31)CO2. The van der Waals surface area contributed by atoms with Crippen LogP contribution in [0.25, 0.3) is 0 Å². The summed E-state index contributed by atoms with van der Waals surface area (Å²) in [6.45, 7) is 7.38. The van der Waals surface area contributed by atoms with E-state index in [1.54, 1.807) is 6.07 Å². The van der Waals surface area contributed by atoms with Crippen molar-refractivity contribution in [2.24, 2.45) is 11.8 Å². The van der Waals surface area contributed by atoms with Crippen molar-refractivity contribution >= 4 is 23.3 Å². The Morgan fingerprint density at radius 1 is 1.24 bits per heavy atom. The number of carbonyl (C=O) groups excluding carboxylic acids is 1. The van der Waals surface area contributed by atoms with Crippen LogP contribution in [0.4, 0.5) is 5.69 Å². The lowest BCUT2D eigenvalue weighted by Crippen LogP contribution is -2.50. The van der Waals surface area contributed by atoms with Gasteiger partial charge in [-0.05, 0) is 106 Å². The van der Waals surface area contributed by atoms with E-state index in [4.69, 9.17) is 21.1 Å². The maximum atomic E-state index is 12.9. The van der Waals surface area contributed by atoms with Gasteiger partial charge in [-0.25, -0.2) is 4.79 Å². The van der Waals surface area contributed by atoms with E-state index in [9.17, 15) is 15.0 Å². The summed E-state index contributed by atoms with van der Waals surface area (Å²) in [6, 6.07) is 11.8. The highest BCUT2D eigenvalue weighted by Crippen LogP contribution is 2.46. The number of aliphatic hydroxyl groups excluding tert-OH is 2. The quantitative estimate of drug-likeness (QED) is 0.524. The van der Waals surface area contributed by atoms with Crippen molar-refractivity contribution in [3.8, 4) is 5.75 Å². The number of benzene rings is 2. The zero-order chi connectivity index (χ0) is 26.4. The van der Waals surface area contributed by atoms with Gasteiger partial charge in [0.05, 0.1) is 30.6 Å². The summed E-state index contributed by atoms with van der Waals surface area (Å²) in [5.41, 5.74) is 3.14. The van der Waals surface area contributed by atoms with Gasteiger partial charge in [-0.3, -0.25) is 0 Å². The Morgan fingerprint density at radius 2 is 2.05 bits per heavy atom. The number of hydrogen-bond donors (Lipinski definition) is 2. The van der Waals surface area contributed by atoms with E-state index in [0.29, 0.717) is 12.2 Å². The summed E-state index contributed by atoms with van der Waals surface area (Å²) >= 11 is 6.36. The van der Waals surface area contributed by atoms with Crippen molar-refractivity contribution < 1.29 is 24.5 Å². The van der Waals surface area contributed by atoms with E-state index in [-0.39, 0.29) is 29.8 Å². The minimum atomic E-state index is -0.707. The molecule has 1 aliphatic heterocycles. The third-order valence-electron chi connectivity index (χ3n) is 8.28. The Morgan fingerprint density at radius 3 is 2.76 bits per heavy atom. The fraction of sp³-hybridized carbons (Fsp3) is 0.567. The standard InChI is InChI=1S/C30H38ClNO5/c1-29(2,3)37-28(35)20-7-11-27-25(14-20)32(15-21-6-9-23(21)26(34)16-33)17-30(18-36-27)12-4-5-19-13-22(31)8-10-24(19)30/h7-8,10-11,13-14,21,23,26,33-34H,4-6,9,12,15-18H2,1-3H3/t21-,23+,26+,30?/m0/s1. The van der Waals surface area contributed by atoms with E-state index < -0.39 is 11.7 Å². The normalized spacial score (nSPS) is 25.8. The highest BCUT2D eigenvalue weighted by molar-refractivity contribution is 6.30. The molecule has 3 aliphatic rings. The van der Waals surface area contributed by atoms with Crippen LogP contribution in [-0.2, 0) is 16.6 Å². The van der Waals surface area contributed by atoms with Gasteiger partial charge in [0.1, 0.15) is 11.4 Å². The van der Waals surface area contributed by atoms with Crippen LogP contribution in [-0.4, -0.2) is 54.2 Å². The smallest absolute Gasteiger partial charge is 0.338 e. The van der Waals surface area contributed by atoms with Crippen LogP contribution >= 0.6 is 11.6 Å². The number of aliphatic hydroxyl groups is 2. The summed E-state index contributed by atoms with van der Waals surface area (Å²) in [7, 11) is 0. The molecule has 200 valence electrons. The molecule has 1 heterocycles. The van der Waals surface area contributed by atoms with Crippen molar-refractivity contribution in [3.05, 3.63) is 58.1 Å². The first-order valence-corrected chi connectivity index (χ1v) is 13.8. The molecule has 2 N–H and O–H groups in total. The Kier molecular flexibility index (Phi) is 7.20. The molecular weight excluding hydrogens is 490 g/mol. The minimum absolute atomic E-state index is 0.0695. The predicted octanol–water partition coefficient (Wildman–Crippen LogP) is 5.15. The average molecular weight is 528 g/mol. The summed E-state index contributed by atoms with van der Waals surface area (Å²) in [6.07, 6.45) is 4.26. The molecule has 0 saturated heterocycles. The number of anilines is 1. The summed E-state index contributed by atoms with van der Waals surface area (Å²) in [5, 5.41) is 20.7. The van der Waals surface area contributed by atoms with E-state index >= 15 is 0 Å². The second-order valence-corrected chi connectivity index (χ2v) is 12.5. The van der Waals surface area contributed by atoms with Gasteiger partial charge >= 0.3 is 5.97 Å². The number of aryl methyl sites for hydroxylation is 1. The molecule has 37 heavy (non-hydrogen) atoms. The zero-order valence-electron chi connectivity index (χ0n) is 22.0. The Hall–Kier alpha value is -2.28. The lowest BCUT2D eigenvalue weighted by molar-refractivity contribution is -0.0183. The van der Waals surface area contributed by atoms with Crippen LogP contribution in [0.15, 0.2) is 36.4 Å². The van der Waals surface area contributed by atoms with Gasteiger partial charge in [0.15, 0.2) is 0 Å². The van der Waals surface area contributed by atoms with Crippen molar-refractivity contribution in [1.29, 1.82) is 0 Å². The van der Waals surface area contributed by atoms with E-state index in [0.717, 1.165) is 61.7 Å². The lowest BCUT2D eigenvalue weighted by atomic mass is 9.68. The molecule has 7 heteroatoms. The number of carbonyl (C=O) groups is 1. The average Bonchev–Trinajstić information content (AvgIpc) is 2.97. The van der Waals surface area contributed by atoms with Crippen LogP contribution in [0.3, 0.4) is 0 Å². The zero-order valence-corrected chi connectivity index (χ0v) is 22.8. The molecule has 4 atom stereocenters. The fourth-order valence-electron chi connectivity index (χ4n) is 6.32. The Labute approximate surface area is 224 Å². The molecule has 0 bridgehead atoms. The number of fused-ring (bicyclic) bond motifs is 3. The first kappa shape index (κ1) is 26.3. The summed E-state index contributed by atoms with van der Waals surface area (Å²) in [5.74, 6) is 0.719. The van der Waals surface area contributed by atoms with Crippen LogP contribution in [0.5, 0.6) is 5.75 Å². The Bertz CT molecular complexity index is 1160. The van der Waals surface area contributed by atoms with Crippen LogP contribution in [0.1, 0.15) is 67.9 Å². The van der Waals surface area contributed by atoms with E-state index in [2.05, 4.69) is 17.0 Å². The first-order chi connectivity index (χ1) is 17.6. The molecule has 1 saturated carbocycles. The number of hydrogen-bond acceptors (Lipinski definition) is 6. The van der Waals surface area contributed by atoms with E-state index in [1.165, 1.54) is 11.1 Å². The molecule has 6 nitrogen and oxygen atoms in total. The van der Waals surface area contributed by atoms with Gasteiger partial charge in [0.25, 0.3) is 0 Å². The highest BCUT2D eigenvalue weighted by atomic mass is 35.5. The largest absolute Gasteiger partial charge is 0.490 e. The minimum Gasteiger partial charge on any atom is -0.490 e. The summed E-state index contributed by atoms with van der Waals surface area (Å²) < 4.78 is 12.2. The lowest BCUT2D eigenvalue weighted by Gasteiger charge is -2.45. The van der Waals surface area contributed by atoms with Crippen LogP contribution in [0, 0.1) is 11.8 Å². The van der Waals surface area contributed by atoms with Crippen molar-refractivity contribution in [2.45, 2.75) is 70.0 Å². The van der Waals surface area contributed by atoms with Crippen LogP contribution in [0.2, 0.25) is 5.02 Å². The van der Waals surface area contributed by atoms with Crippen molar-refractivity contribution in [1.82, 2.24) is 0 Å². The molecule has 0 aromatic heterocycles. The second kappa shape index (κ2) is 10.1. The molecule has 0 radical (unpaired) electrons. The van der Waals surface area contributed by atoms with Gasteiger partial charge in [-0.15, -0.1) is 0 Å². The second-order valence-electron chi connectivity index (χ2n) is 12.0. The third kappa shape index (κ3) is 5.34. The predicted molar refractivity (Wildman–Crippen MR) is 145 cm³/mol. The number of nitrogens with zero attached hydrogens (tertiary/aromatic N) is 1. The van der Waals surface area contributed by atoms with Crippen molar-refractivity contribution in [3.63, 3.8) is 0 Å². The summed E-state index contributed by atoms with van der Waals surface area (Å²) in [4.78, 5) is 15.3. The molecular formula is C30H38ClNO5. The van der Waals surface area contributed by atoms with Gasteiger partial charge in [-0.1, -0.05) is 17.7 Å². The fourth-order valence-corrected chi connectivity index (χ4v) is 6.52. The van der Waals surface area contributed by atoms with Gasteiger partial charge < -0.3 is 24.6 Å². The molecule has 1 spiro atoms. The Balaban J connectivity index is 1.53. The number of rotatable bonds is 5. The molecule has 0 amide bonds. The first-order valence-electron chi connectivity index (χ1n) is 13.4. The van der Waals surface area contributed by atoms with E-state index in [1.807, 2.05) is 39.0 Å². The van der Waals surface area contributed by atoms with Gasteiger partial charge in [0, 0.05) is 23.5 Å². The highest BCUT2D eigenvalue weighted by Gasteiger charge is 2.44. The molecule has 5 rings (SSSR count). The maximum Gasteiger partial charge on any atom is 0.338 e. The third-order valence-corrected chi connectivity index (χ3v) is 8.52. The van der Waals surface area contributed by atoms with Gasteiger partial charge in [-0.2, -0.15) is 0 Å². The molecule has 1 unspecified atom stereocenters. The topological polar surface area (TPSA) is 79.2 Å². The maximum absolute atomic E-state index is 12.9.